The Balaban J connectivity index is 1.81. The topological polar surface area (TPSA) is 57.9 Å². The van der Waals surface area contributed by atoms with Gasteiger partial charge in [0.15, 0.2) is 0 Å². The lowest BCUT2D eigenvalue weighted by atomic mass is 10.2. The Kier molecular flexibility index (Phi) is 5.52. The van der Waals surface area contributed by atoms with E-state index in [0.717, 1.165) is 17.0 Å². The fourth-order valence-corrected chi connectivity index (χ4v) is 3.15. The van der Waals surface area contributed by atoms with Crippen LogP contribution in [0.2, 0.25) is 5.02 Å². The average Bonchev–Trinajstić information content (AvgIpc) is 3.15. The van der Waals surface area contributed by atoms with E-state index in [1.54, 1.807) is 7.11 Å². The average molecular weight is 386 g/mol. The molecular weight excluding hydrogens is 373 g/mol. The number of anilines is 1. The van der Waals surface area contributed by atoms with Crippen molar-refractivity contribution in [3.63, 3.8) is 0 Å². The molecule has 0 aliphatic heterocycles. The highest BCUT2D eigenvalue weighted by atomic mass is 35.5. The zero-order valence-corrected chi connectivity index (χ0v) is 15.2. The highest BCUT2D eigenvalue weighted by molar-refractivity contribution is 7.11. The van der Waals surface area contributed by atoms with E-state index in [0.29, 0.717) is 16.3 Å². The first-order valence-corrected chi connectivity index (χ1v) is 8.78. The molecule has 0 aliphatic rings. The molecule has 130 valence electrons. The maximum atomic E-state index is 13.2. The van der Waals surface area contributed by atoms with Gasteiger partial charge in [-0.15, -0.1) is 11.3 Å². The highest BCUT2D eigenvalue weighted by Crippen LogP contribution is 2.27. The number of halogens is 2. The van der Waals surface area contributed by atoms with Crippen LogP contribution in [0.1, 0.15) is 5.01 Å². The van der Waals surface area contributed by atoms with Crippen molar-refractivity contribution in [1.29, 1.82) is 5.26 Å². The number of hydrogen-bond acceptors (Lipinski definition) is 5. The monoisotopic (exact) mass is 385 g/mol. The number of methoxy groups -OCH3 is 1. The number of allylic oxidation sites excluding steroid dienone is 1. The van der Waals surface area contributed by atoms with E-state index in [1.807, 2.05) is 29.6 Å². The summed E-state index contributed by atoms with van der Waals surface area (Å²) in [6.45, 7) is 0. The van der Waals surface area contributed by atoms with Gasteiger partial charge in [-0.1, -0.05) is 11.6 Å². The Morgan fingerprint density at radius 3 is 2.73 bits per heavy atom. The van der Waals surface area contributed by atoms with Crippen LogP contribution in [0, 0.1) is 17.1 Å². The molecule has 0 saturated heterocycles. The summed E-state index contributed by atoms with van der Waals surface area (Å²) in [5.74, 6) is 0.273. The van der Waals surface area contributed by atoms with E-state index in [9.17, 15) is 9.65 Å². The van der Waals surface area contributed by atoms with Gasteiger partial charge in [-0.2, -0.15) is 5.26 Å². The van der Waals surface area contributed by atoms with Gasteiger partial charge in [0.25, 0.3) is 0 Å². The normalized spacial score (nSPS) is 11.1. The van der Waals surface area contributed by atoms with Crippen LogP contribution in [-0.2, 0) is 0 Å². The molecule has 0 bridgehead atoms. The number of thiazole rings is 1. The van der Waals surface area contributed by atoms with Gasteiger partial charge in [0.1, 0.15) is 28.2 Å². The van der Waals surface area contributed by atoms with E-state index in [2.05, 4.69) is 16.4 Å². The molecule has 0 aliphatic carbocycles. The Morgan fingerprint density at radius 1 is 1.31 bits per heavy atom. The third-order valence-corrected chi connectivity index (χ3v) is 4.71. The highest BCUT2D eigenvalue weighted by Gasteiger charge is 2.09. The van der Waals surface area contributed by atoms with E-state index < -0.39 is 5.82 Å². The number of benzene rings is 2. The molecule has 0 amide bonds. The number of hydrogen-bond donors (Lipinski definition) is 1. The minimum atomic E-state index is -0.495. The molecule has 0 atom stereocenters. The quantitative estimate of drug-likeness (QED) is 0.582. The third kappa shape index (κ3) is 4.02. The number of nitrogens with zero attached hydrogens (tertiary/aromatic N) is 2. The van der Waals surface area contributed by atoms with Crippen molar-refractivity contribution in [3.05, 3.63) is 69.9 Å². The molecule has 26 heavy (non-hydrogen) atoms. The minimum Gasteiger partial charge on any atom is -0.497 e. The van der Waals surface area contributed by atoms with Crippen molar-refractivity contribution < 1.29 is 9.13 Å². The fraction of sp³-hybridized carbons (Fsp3) is 0.0526. The number of nitriles is 1. The molecule has 0 saturated carbocycles. The molecule has 0 radical (unpaired) electrons. The van der Waals surface area contributed by atoms with Crippen LogP contribution in [-0.4, -0.2) is 12.1 Å². The van der Waals surface area contributed by atoms with Gasteiger partial charge in [0, 0.05) is 22.8 Å². The molecule has 0 unspecified atom stereocenters. The molecular formula is C19H13ClFN3OS. The van der Waals surface area contributed by atoms with Gasteiger partial charge in [0.05, 0.1) is 17.8 Å². The zero-order chi connectivity index (χ0) is 18.5. The molecule has 3 rings (SSSR count). The summed E-state index contributed by atoms with van der Waals surface area (Å²) < 4.78 is 18.3. The number of aromatic nitrogens is 1. The van der Waals surface area contributed by atoms with Crippen molar-refractivity contribution in [1.82, 2.24) is 4.98 Å². The number of ether oxygens (including phenoxy) is 1. The molecule has 0 spiro atoms. The summed E-state index contributed by atoms with van der Waals surface area (Å²) >= 11 is 7.12. The van der Waals surface area contributed by atoms with Gasteiger partial charge < -0.3 is 10.1 Å². The van der Waals surface area contributed by atoms with Gasteiger partial charge in [-0.3, -0.25) is 0 Å². The van der Waals surface area contributed by atoms with Gasteiger partial charge >= 0.3 is 0 Å². The predicted molar refractivity (Wildman–Crippen MR) is 103 cm³/mol. The van der Waals surface area contributed by atoms with Crippen molar-refractivity contribution in [3.8, 4) is 23.1 Å². The van der Waals surface area contributed by atoms with Crippen LogP contribution in [0.15, 0.2) is 54.0 Å². The smallest absolute Gasteiger partial charge is 0.141 e. The molecule has 1 heterocycles. The lowest BCUT2D eigenvalue weighted by Crippen LogP contribution is -1.92. The molecule has 3 aromatic rings. The van der Waals surface area contributed by atoms with Crippen LogP contribution in [0.25, 0.3) is 16.8 Å². The first kappa shape index (κ1) is 17.9. The summed E-state index contributed by atoms with van der Waals surface area (Å²) in [6, 6.07) is 13.9. The summed E-state index contributed by atoms with van der Waals surface area (Å²) in [6.07, 6.45) is 1.53. The molecule has 7 heteroatoms. The van der Waals surface area contributed by atoms with Crippen molar-refractivity contribution >= 4 is 34.2 Å². The second-order valence-electron chi connectivity index (χ2n) is 5.21. The van der Waals surface area contributed by atoms with Crippen LogP contribution in [0.5, 0.6) is 5.75 Å². The van der Waals surface area contributed by atoms with Gasteiger partial charge in [0.2, 0.25) is 0 Å². The van der Waals surface area contributed by atoms with Gasteiger partial charge in [-0.05, 0) is 42.5 Å². The standard InChI is InChI=1S/C19H13ClFN3OS/c1-25-15-5-2-12(3-6-15)18-11-26-19(24-18)13(9-22)10-23-14-4-7-17(21)16(20)8-14/h2-8,10-11,23H,1H3/b13-10+. The maximum Gasteiger partial charge on any atom is 0.141 e. The summed E-state index contributed by atoms with van der Waals surface area (Å²) in [5, 5.41) is 14.8. The van der Waals surface area contributed by atoms with Crippen molar-refractivity contribution in [2.75, 3.05) is 12.4 Å². The third-order valence-electron chi connectivity index (χ3n) is 3.54. The second-order valence-corrected chi connectivity index (χ2v) is 6.47. The van der Waals surface area contributed by atoms with E-state index >= 15 is 0 Å². The van der Waals surface area contributed by atoms with Crippen LogP contribution in [0.3, 0.4) is 0 Å². The van der Waals surface area contributed by atoms with E-state index in [-0.39, 0.29) is 5.02 Å². The van der Waals surface area contributed by atoms with Crippen LogP contribution < -0.4 is 10.1 Å². The fourth-order valence-electron chi connectivity index (χ4n) is 2.18. The SMILES string of the molecule is COc1ccc(-c2csc(/C(C#N)=C/Nc3ccc(F)c(Cl)c3)n2)cc1. The van der Waals surface area contributed by atoms with E-state index in [4.69, 9.17) is 16.3 Å². The first-order valence-electron chi connectivity index (χ1n) is 7.53. The Bertz CT molecular complexity index is 993. The molecule has 1 N–H and O–H groups in total. The first-order chi connectivity index (χ1) is 12.6. The van der Waals surface area contributed by atoms with Gasteiger partial charge in [-0.25, -0.2) is 9.37 Å². The maximum absolute atomic E-state index is 13.2. The summed E-state index contributed by atoms with van der Waals surface area (Å²) in [5.41, 5.74) is 2.66. The molecule has 0 fully saturated rings. The summed E-state index contributed by atoms with van der Waals surface area (Å²) in [7, 11) is 1.61. The number of rotatable bonds is 5. The Hall–Kier alpha value is -2.88. The van der Waals surface area contributed by atoms with E-state index in [1.165, 1.54) is 35.7 Å². The van der Waals surface area contributed by atoms with Crippen LogP contribution in [0.4, 0.5) is 10.1 Å². The number of nitrogens with one attached hydrogen (secondary N) is 1. The summed E-state index contributed by atoms with van der Waals surface area (Å²) in [4.78, 5) is 4.51. The Labute approximate surface area is 159 Å². The minimum absolute atomic E-state index is 0.0120. The van der Waals surface area contributed by atoms with Crippen molar-refractivity contribution in [2.45, 2.75) is 0 Å². The zero-order valence-electron chi connectivity index (χ0n) is 13.7. The molecule has 2 aromatic carbocycles. The molecule has 4 nitrogen and oxygen atoms in total. The lowest BCUT2D eigenvalue weighted by Gasteiger charge is -2.03. The Morgan fingerprint density at radius 2 is 2.08 bits per heavy atom. The molecule has 1 aromatic heterocycles. The van der Waals surface area contributed by atoms with Crippen molar-refractivity contribution in [2.24, 2.45) is 0 Å². The van der Waals surface area contributed by atoms with Crippen LogP contribution >= 0.6 is 22.9 Å². The second kappa shape index (κ2) is 8.00. The lowest BCUT2D eigenvalue weighted by molar-refractivity contribution is 0.415. The largest absolute Gasteiger partial charge is 0.497 e. The predicted octanol–water partition coefficient (Wildman–Crippen LogP) is 5.59.